The maximum atomic E-state index is 11.8. The van der Waals surface area contributed by atoms with E-state index < -0.39 is 18.0 Å². The summed E-state index contributed by atoms with van der Waals surface area (Å²) in [6.45, 7) is 0.0379. The Kier molecular flexibility index (Phi) is 6.07. The van der Waals surface area contributed by atoms with Gasteiger partial charge in [-0.3, -0.25) is 0 Å². The van der Waals surface area contributed by atoms with E-state index in [-0.39, 0.29) is 13.0 Å². The van der Waals surface area contributed by atoms with Crippen LogP contribution in [0.2, 0.25) is 4.34 Å². The van der Waals surface area contributed by atoms with Crippen molar-refractivity contribution in [2.24, 2.45) is 0 Å². The van der Waals surface area contributed by atoms with Gasteiger partial charge >= 0.3 is 12.0 Å². The Morgan fingerprint density at radius 3 is 2.68 bits per heavy atom. The second kappa shape index (κ2) is 7.32. The maximum absolute atomic E-state index is 11.8. The monoisotopic (exact) mass is 306 g/mol. The van der Waals surface area contributed by atoms with Gasteiger partial charge in [-0.15, -0.1) is 11.3 Å². The molecule has 0 saturated carbocycles. The van der Waals surface area contributed by atoms with Crippen LogP contribution in [0.3, 0.4) is 0 Å². The highest BCUT2D eigenvalue weighted by Crippen LogP contribution is 2.22. The van der Waals surface area contributed by atoms with Crippen LogP contribution in [-0.2, 0) is 11.3 Å². The summed E-state index contributed by atoms with van der Waals surface area (Å²) < 4.78 is 0.632. The van der Waals surface area contributed by atoms with Crippen LogP contribution in [0.5, 0.6) is 0 Å². The molecule has 1 aromatic rings. The maximum Gasteiger partial charge on any atom is 0.326 e. The molecule has 0 bridgehead atoms. The first kappa shape index (κ1) is 15.7. The number of carbonyl (C=O) groups is 2. The number of carbonyl (C=O) groups excluding carboxylic acids is 1. The molecule has 0 saturated heterocycles. The van der Waals surface area contributed by atoms with Crippen LogP contribution >= 0.6 is 22.9 Å². The topological polar surface area (TPSA) is 89.9 Å². The van der Waals surface area contributed by atoms with E-state index in [0.717, 1.165) is 4.88 Å². The molecular weight excluding hydrogens is 292 g/mol. The first-order valence-corrected chi connectivity index (χ1v) is 6.73. The highest BCUT2D eigenvalue weighted by molar-refractivity contribution is 7.16. The Balaban J connectivity index is 2.54. The fourth-order valence-corrected chi connectivity index (χ4v) is 2.53. The number of carboxylic acids is 1. The zero-order valence-corrected chi connectivity index (χ0v) is 11.9. The van der Waals surface area contributed by atoms with E-state index >= 15 is 0 Å². The number of carboxylic acid groups (broad SMARTS) is 1. The van der Waals surface area contributed by atoms with Crippen molar-refractivity contribution in [3.8, 4) is 0 Å². The number of nitrogens with one attached hydrogen (secondary N) is 1. The molecule has 106 valence electrons. The van der Waals surface area contributed by atoms with Crippen molar-refractivity contribution in [3.63, 3.8) is 0 Å². The van der Waals surface area contributed by atoms with Gasteiger partial charge in [0, 0.05) is 25.0 Å². The quantitative estimate of drug-likeness (QED) is 0.740. The summed E-state index contributed by atoms with van der Waals surface area (Å²) in [5.74, 6) is -1.17. The third-order valence-electron chi connectivity index (χ3n) is 2.38. The number of halogens is 1. The number of hydrogen-bond acceptors (Lipinski definition) is 4. The lowest BCUT2D eigenvalue weighted by Gasteiger charge is -2.20. The molecule has 8 heteroatoms. The van der Waals surface area contributed by atoms with E-state index in [1.807, 2.05) is 0 Å². The standard InChI is InChI=1S/C11H15ClN2O4S/c1-14(6-7-2-3-9(12)19-7)11(18)13-8(4-5-15)10(16)17/h2-3,8,15H,4-6H2,1H3,(H,13,18)(H,16,17)/t8-/m1/s1. The predicted molar refractivity (Wildman–Crippen MR) is 72.5 cm³/mol. The molecule has 1 rings (SSSR count). The summed E-state index contributed by atoms with van der Waals surface area (Å²) in [5.41, 5.74) is 0. The number of nitrogens with zero attached hydrogens (tertiary/aromatic N) is 1. The average Bonchev–Trinajstić information content (AvgIpc) is 2.73. The van der Waals surface area contributed by atoms with Gasteiger partial charge in [0.15, 0.2) is 0 Å². The molecule has 6 nitrogen and oxygen atoms in total. The van der Waals surface area contributed by atoms with Crippen LogP contribution in [0, 0.1) is 0 Å². The second-order valence-corrected chi connectivity index (χ2v) is 5.71. The Bertz CT molecular complexity index is 452. The lowest BCUT2D eigenvalue weighted by molar-refractivity contribution is -0.139. The first-order valence-electron chi connectivity index (χ1n) is 5.53. The molecule has 0 aromatic carbocycles. The van der Waals surface area contributed by atoms with Gasteiger partial charge in [0.1, 0.15) is 6.04 Å². The van der Waals surface area contributed by atoms with Crippen molar-refractivity contribution in [3.05, 3.63) is 21.3 Å². The molecule has 0 aliphatic carbocycles. The van der Waals surface area contributed by atoms with Crippen LogP contribution in [0.4, 0.5) is 4.79 Å². The van der Waals surface area contributed by atoms with Gasteiger partial charge in [-0.25, -0.2) is 9.59 Å². The van der Waals surface area contributed by atoms with E-state index in [1.54, 1.807) is 19.2 Å². The minimum Gasteiger partial charge on any atom is -0.480 e. The summed E-state index contributed by atoms with van der Waals surface area (Å²) in [6.07, 6.45) is -0.0280. The van der Waals surface area contributed by atoms with Gasteiger partial charge in [0.25, 0.3) is 0 Å². The Labute approximate surface area is 119 Å². The smallest absolute Gasteiger partial charge is 0.326 e. The van der Waals surface area contributed by atoms with E-state index in [4.69, 9.17) is 21.8 Å². The van der Waals surface area contributed by atoms with Gasteiger partial charge in [-0.05, 0) is 12.1 Å². The summed E-state index contributed by atoms with van der Waals surface area (Å²) in [6, 6.07) is 1.94. The summed E-state index contributed by atoms with van der Waals surface area (Å²) in [5, 5.41) is 19.9. The second-order valence-electron chi connectivity index (χ2n) is 3.91. The first-order chi connectivity index (χ1) is 8.93. The molecule has 3 N–H and O–H groups in total. The molecule has 2 amide bonds. The van der Waals surface area contributed by atoms with Crippen LogP contribution in [0.1, 0.15) is 11.3 Å². The Morgan fingerprint density at radius 2 is 2.21 bits per heavy atom. The van der Waals surface area contributed by atoms with Crippen LogP contribution in [-0.4, -0.2) is 46.8 Å². The molecule has 0 fully saturated rings. The molecule has 0 aliphatic heterocycles. The number of hydrogen-bond donors (Lipinski definition) is 3. The minimum atomic E-state index is -1.17. The fourth-order valence-electron chi connectivity index (χ4n) is 1.39. The molecule has 1 heterocycles. The molecular formula is C11H15ClN2O4S. The van der Waals surface area contributed by atoms with Crippen LogP contribution in [0.25, 0.3) is 0 Å². The van der Waals surface area contributed by atoms with Crippen molar-refractivity contribution in [1.29, 1.82) is 0 Å². The fraction of sp³-hybridized carbons (Fsp3) is 0.455. The Morgan fingerprint density at radius 1 is 1.53 bits per heavy atom. The predicted octanol–water partition coefficient (Wildman–Crippen LogP) is 1.38. The van der Waals surface area contributed by atoms with Crippen molar-refractivity contribution in [2.45, 2.75) is 19.0 Å². The lowest BCUT2D eigenvalue weighted by atomic mass is 10.2. The third-order valence-corrected chi connectivity index (χ3v) is 3.60. The summed E-state index contributed by atoms with van der Waals surface area (Å²) >= 11 is 7.14. The van der Waals surface area contributed by atoms with Gasteiger partial charge in [-0.2, -0.15) is 0 Å². The van der Waals surface area contributed by atoms with E-state index in [9.17, 15) is 9.59 Å². The van der Waals surface area contributed by atoms with Gasteiger partial charge < -0.3 is 20.4 Å². The Hall–Kier alpha value is -1.31. The van der Waals surface area contributed by atoms with Crippen molar-refractivity contribution in [2.75, 3.05) is 13.7 Å². The summed E-state index contributed by atoms with van der Waals surface area (Å²) in [4.78, 5) is 24.9. The van der Waals surface area contributed by atoms with Gasteiger partial charge in [-0.1, -0.05) is 11.6 Å². The largest absolute Gasteiger partial charge is 0.480 e. The molecule has 0 radical (unpaired) electrons. The van der Waals surface area contributed by atoms with Crippen molar-refractivity contribution < 1.29 is 19.8 Å². The van der Waals surface area contributed by atoms with Crippen LogP contribution in [0.15, 0.2) is 12.1 Å². The zero-order valence-electron chi connectivity index (χ0n) is 10.3. The average molecular weight is 307 g/mol. The summed E-state index contributed by atoms with van der Waals surface area (Å²) in [7, 11) is 1.56. The SMILES string of the molecule is CN(Cc1ccc(Cl)s1)C(=O)N[C@H](CCO)C(=O)O. The van der Waals surface area contributed by atoms with E-state index in [0.29, 0.717) is 10.9 Å². The lowest BCUT2D eigenvalue weighted by Crippen LogP contribution is -2.46. The molecule has 0 unspecified atom stereocenters. The van der Waals surface area contributed by atoms with Gasteiger partial charge in [0.2, 0.25) is 0 Å². The molecule has 19 heavy (non-hydrogen) atoms. The molecule has 0 spiro atoms. The molecule has 0 aliphatic rings. The number of aliphatic carboxylic acids is 1. The number of amides is 2. The zero-order chi connectivity index (χ0) is 14.4. The van der Waals surface area contributed by atoms with E-state index in [1.165, 1.54) is 16.2 Å². The number of aliphatic hydroxyl groups excluding tert-OH is 1. The van der Waals surface area contributed by atoms with Crippen molar-refractivity contribution >= 4 is 34.9 Å². The highest BCUT2D eigenvalue weighted by atomic mass is 35.5. The normalized spacial score (nSPS) is 11.9. The van der Waals surface area contributed by atoms with Gasteiger partial charge in [0.05, 0.1) is 10.9 Å². The third kappa shape index (κ3) is 5.06. The highest BCUT2D eigenvalue weighted by Gasteiger charge is 2.21. The van der Waals surface area contributed by atoms with Crippen LogP contribution < -0.4 is 5.32 Å². The number of thiophene rings is 1. The minimum absolute atomic E-state index is 0.0280. The number of urea groups is 1. The molecule has 1 aromatic heterocycles. The molecule has 1 atom stereocenters. The number of aliphatic hydroxyl groups is 1. The van der Waals surface area contributed by atoms with Crippen molar-refractivity contribution in [1.82, 2.24) is 10.2 Å². The number of rotatable bonds is 6. The van der Waals surface area contributed by atoms with E-state index in [2.05, 4.69) is 5.32 Å².